The summed E-state index contributed by atoms with van der Waals surface area (Å²) >= 11 is 0. The van der Waals surface area contributed by atoms with Crippen LogP contribution < -0.4 is 0 Å². The van der Waals surface area contributed by atoms with Crippen molar-refractivity contribution in [3.05, 3.63) is 0 Å². The van der Waals surface area contributed by atoms with Gasteiger partial charge in [-0.05, 0) is 331 Å². The predicted molar refractivity (Wildman–Crippen MR) is 419 cm³/mol. The molecule has 0 aromatic rings. The summed E-state index contributed by atoms with van der Waals surface area (Å²) in [4.78, 5) is 97.5. The average molecular weight is 1470 g/mol. The lowest BCUT2D eigenvalue weighted by molar-refractivity contribution is -0.215. The van der Waals surface area contributed by atoms with E-state index >= 15 is 0 Å². The summed E-state index contributed by atoms with van der Waals surface area (Å²) in [5, 5.41) is 0. The molecule has 608 valence electrons. The molecule has 16 saturated carbocycles. The third-order valence-corrected chi connectivity index (χ3v) is 28.4. The Morgan fingerprint density at radius 3 is 0.702 bits per heavy atom. The smallest absolute Gasteiger partial charge is 0.344 e. The molecule has 0 unspecified atom stereocenters. The minimum absolute atomic E-state index is 0. The molecule has 16 aliphatic carbocycles. The van der Waals surface area contributed by atoms with Crippen LogP contribution in [-0.4, -0.2) is 96.6 Å². The lowest BCUT2D eigenvalue weighted by atomic mass is 9.49. The zero-order chi connectivity index (χ0) is 70.1. The van der Waals surface area contributed by atoms with Gasteiger partial charge in [0.05, 0.1) is 34.5 Å². The first-order valence-corrected chi connectivity index (χ1v) is 38.7. The van der Waals surface area contributed by atoms with Crippen molar-refractivity contribution in [1.29, 1.82) is 0 Å². The topological polar surface area (TPSA) is 210 Å². The van der Waals surface area contributed by atoms with Crippen LogP contribution in [0.5, 0.6) is 0 Å². The van der Waals surface area contributed by atoms with E-state index in [1.807, 2.05) is 83.1 Å². The fourth-order valence-corrected chi connectivity index (χ4v) is 21.3. The van der Waals surface area contributed by atoms with Gasteiger partial charge in [-0.3, -0.25) is 28.8 Å². The van der Waals surface area contributed by atoms with Crippen molar-refractivity contribution in [2.75, 3.05) is 26.4 Å². The number of hydrogen-bond acceptors (Lipinski definition) is 16. The summed E-state index contributed by atoms with van der Waals surface area (Å²) in [6, 6.07) is 0. The van der Waals surface area contributed by atoms with Crippen molar-refractivity contribution in [2.24, 2.45) is 116 Å². The lowest BCUT2D eigenvalue weighted by Crippen LogP contribution is -2.59. The second kappa shape index (κ2) is 38.9. The molecule has 0 radical (unpaired) electrons. The second-order valence-corrected chi connectivity index (χ2v) is 36.0. The molecule has 0 aromatic carbocycles. The molecule has 0 saturated heterocycles. The van der Waals surface area contributed by atoms with Crippen LogP contribution in [0.1, 0.15) is 350 Å². The molecule has 16 aliphatic rings. The third-order valence-electron chi connectivity index (χ3n) is 28.4. The largest absolute Gasteiger partial charge is 0.465 e. The van der Waals surface area contributed by atoms with Gasteiger partial charge in [-0.25, -0.2) is 9.59 Å². The average Bonchev–Trinajstić information content (AvgIpc) is 0.741. The van der Waals surface area contributed by atoms with E-state index in [0.29, 0.717) is 60.2 Å². The molecule has 0 amide bonds. The van der Waals surface area contributed by atoms with Gasteiger partial charge in [0.1, 0.15) is 35.6 Å². The summed E-state index contributed by atoms with van der Waals surface area (Å²) in [5.41, 5.74) is -3.28. The van der Waals surface area contributed by atoms with Crippen molar-refractivity contribution in [3.8, 4) is 0 Å². The van der Waals surface area contributed by atoms with Crippen LogP contribution in [0.25, 0.3) is 0 Å². The van der Waals surface area contributed by atoms with Crippen LogP contribution in [0.3, 0.4) is 0 Å². The summed E-state index contributed by atoms with van der Waals surface area (Å²) < 4.78 is 45.0. The van der Waals surface area contributed by atoms with Gasteiger partial charge in [-0.1, -0.05) is 101 Å². The molecule has 16 fully saturated rings. The Kier molecular flexibility index (Phi) is 36.6. The summed E-state index contributed by atoms with van der Waals surface area (Å²) in [6.07, 6.45) is 29.9. The fourth-order valence-electron chi connectivity index (χ4n) is 21.3. The van der Waals surface area contributed by atoms with Gasteiger partial charge in [-0.15, -0.1) is 0 Å². The maximum absolute atomic E-state index is 12.5. The van der Waals surface area contributed by atoms with Crippen molar-refractivity contribution < 1.29 is 76.3 Å². The predicted octanol–water partition coefficient (Wildman–Crippen LogP) is 21.5. The quantitative estimate of drug-likeness (QED) is 0.0650. The van der Waals surface area contributed by atoms with E-state index in [0.717, 1.165) is 73.0 Å². The Hall–Kier alpha value is -4.24. The molecule has 0 aliphatic heterocycles. The van der Waals surface area contributed by atoms with Gasteiger partial charge >= 0.3 is 47.8 Å². The Labute approximate surface area is 636 Å². The van der Waals surface area contributed by atoms with Crippen LogP contribution in [0.4, 0.5) is 0 Å². The van der Waals surface area contributed by atoms with E-state index in [9.17, 15) is 38.4 Å². The minimum atomic E-state index is -0.550. The highest BCUT2D eigenvalue weighted by atomic mass is 16.6. The number of carbonyl (C=O) groups excluding carboxylic acids is 8. The lowest BCUT2D eigenvalue weighted by Gasteiger charge is -2.60. The normalized spacial score (nSPS) is 34.5. The van der Waals surface area contributed by atoms with Crippen molar-refractivity contribution in [3.63, 3.8) is 0 Å². The van der Waals surface area contributed by atoms with Crippen LogP contribution in [-0.2, 0) is 76.3 Å². The van der Waals surface area contributed by atoms with Gasteiger partial charge in [0.15, 0.2) is 13.2 Å². The molecule has 0 atom stereocenters. The summed E-state index contributed by atoms with van der Waals surface area (Å²) in [6.45, 7) is 30.9. The molecular formula is C88H160O16. The Morgan fingerprint density at radius 1 is 0.279 bits per heavy atom. The van der Waals surface area contributed by atoms with E-state index in [1.165, 1.54) is 128 Å². The highest BCUT2D eigenvalue weighted by molar-refractivity contribution is 5.81. The Morgan fingerprint density at radius 2 is 0.471 bits per heavy atom. The SMILES string of the molecule is C.C.C.C.C.C.C.C.CCC(C)(C)C(=O)OCC(=O)OC1(C)C2CC3CC(C2)CC1C3.CCC(C)(C)C(=O)OCC(=O)OC1(CC)C2CC3CC(C2)CC1C3.CCC(C)(C)C(=O)OCCC(=O)OC1(C)C2CC3CC(C2)CC1C3.CCC(C)(C)C(=O)OCCC(=O)OC1(CC)C2CC3CC(C2)CC1C3. The standard InChI is InChI=1S/C21H34O4.2C20H32O4.C19H30O4.8CH4/c1-5-20(3,4)19(23)24-8-7-18(22)25-21(6-2)16-10-14-9-15(12-16)13-17(21)11-14;1-5-19(2,3)18(22)23-7-6-17(21)24-20(4)15-9-13-8-14(11-15)12-16(20)10-13;1-5-19(3,4)18(22)23-12-17(21)24-20(6-2)15-8-13-7-14(10-15)11-16(20)9-13;1-5-18(2,3)17(21)22-11-16(20)23-19(4)14-7-12-6-13(9-14)10-15(19)8-12;;;;;;;;/h14-17H,5-13H2,1-4H3;2*13-16H,5-12H2,1-4H3;12-15H,5-11H2,1-4H3;8*1H4. The number of esters is 8. The molecule has 16 bridgehead atoms. The van der Waals surface area contributed by atoms with Crippen molar-refractivity contribution in [1.82, 2.24) is 0 Å². The van der Waals surface area contributed by atoms with Crippen molar-refractivity contribution in [2.45, 2.75) is 372 Å². The molecule has 0 N–H and O–H groups in total. The van der Waals surface area contributed by atoms with Gasteiger partial charge < -0.3 is 37.9 Å². The van der Waals surface area contributed by atoms with Crippen molar-refractivity contribution >= 4 is 47.8 Å². The number of ether oxygens (including phenoxy) is 8. The zero-order valence-corrected chi connectivity index (χ0v) is 62.4. The molecule has 16 nitrogen and oxygen atoms in total. The highest BCUT2D eigenvalue weighted by Crippen LogP contribution is 2.64. The van der Waals surface area contributed by atoms with E-state index in [-0.39, 0.29) is 169 Å². The van der Waals surface area contributed by atoms with E-state index in [4.69, 9.17) is 37.9 Å². The van der Waals surface area contributed by atoms with E-state index in [2.05, 4.69) is 27.7 Å². The van der Waals surface area contributed by atoms with Gasteiger partial charge in [0.2, 0.25) is 0 Å². The first-order valence-electron chi connectivity index (χ1n) is 38.7. The van der Waals surface area contributed by atoms with Crippen LogP contribution in [0.2, 0.25) is 0 Å². The molecule has 104 heavy (non-hydrogen) atoms. The summed E-state index contributed by atoms with van der Waals surface area (Å²) in [7, 11) is 0. The zero-order valence-electron chi connectivity index (χ0n) is 62.4. The number of hydrogen-bond donors (Lipinski definition) is 0. The van der Waals surface area contributed by atoms with Gasteiger partial charge in [0.25, 0.3) is 0 Å². The first kappa shape index (κ1) is 97.8. The van der Waals surface area contributed by atoms with E-state index in [1.54, 1.807) is 0 Å². The highest BCUT2D eigenvalue weighted by Gasteiger charge is 2.62. The van der Waals surface area contributed by atoms with Gasteiger partial charge in [0, 0.05) is 0 Å². The molecule has 16 heteroatoms. The maximum Gasteiger partial charge on any atom is 0.344 e. The molecule has 0 heterocycles. The second-order valence-electron chi connectivity index (χ2n) is 36.0. The third kappa shape index (κ3) is 21.2. The van der Waals surface area contributed by atoms with Gasteiger partial charge in [-0.2, -0.15) is 0 Å². The number of rotatable bonds is 24. The van der Waals surface area contributed by atoms with E-state index < -0.39 is 21.7 Å². The Bertz CT molecular complexity index is 2660. The molecule has 0 aromatic heterocycles. The number of carbonyl (C=O) groups is 8. The Balaban J connectivity index is 0.000000676. The molecular weight excluding hydrogens is 1310 g/mol. The van der Waals surface area contributed by atoms with Crippen LogP contribution in [0.15, 0.2) is 0 Å². The summed E-state index contributed by atoms with van der Waals surface area (Å²) in [5.74, 6) is 8.63. The maximum atomic E-state index is 12.5. The fraction of sp³-hybridized carbons (Fsp3) is 0.909. The van der Waals surface area contributed by atoms with Crippen LogP contribution in [0, 0.1) is 116 Å². The molecule has 0 spiro atoms. The molecule has 16 rings (SSSR count). The monoisotopic (exact) mass is 1470 g/mol. The first-order chi connectivity index (χ1) is 45.1. The minimum Gasteiger partial charge on any atom is -0.465 e. The van der Waals surface area contributed by atoms with Crippen LogP contribution >= 0.6 is 0 Å².